The Morgan fingerprint density at radius 1 is 0.524 bits per heavy atom. The summed E-state index contributed by atoms with van der Waals surface area (Å²) < 4.78 is 5.30. The number of ether oxygens (including phenoxy) is 1. The highest BCUT2D eigenvalue weighted by molar-refractivity contribution is 5.87. The van der Waals surface area contributed by atoms with Gasteiger partial charge in [-0.25, -0.2) is 4.79 Å². The minimum absolute atomic E-state index is 0.266. The number of rotatable bonds is 33. The number of amides is 1. The average molecular weight is 596 g/mol. The van der Waals surface area contributed by atoms with E-state index in [1.807, 2.05) is 0 Å². The molecule has 2 N–H and O–H groups in total. The van der Waals surface area contributed by atoms with Gasteiger partial charge in [-0.2, -0.15) is 0 Å². The SMILES string of the molecule is CCCCCCCCCCCCCCCCCCCC(=O)N[C@@H](CC(=O)O)C(=O)OCCCCCCCCCCCC. The van der Waals surface area contributed by atoms with E-state index in [0.717, 1.165) is 38.5 Å². The molecule has 0 aromatic rings. The Morgan fingerprint density at radius 3 is 1.21 bits per heavy atom. The summed E-state index contributed by atoms with van der Waals surface area (Å²) >= 11 is 0. The van der Waals surface area contributed by atoms with Crippen LogP contribution in [-0.2, 0) is 19.1 Å². The molecule has 0 fully saturated rings. The lowest BCUT2D eigenvalue weighted by molar-refractivity contribution is -0.151. The smallest absolute Gasteiger partial charge is 0.329 e. The van der Waals surface area contributed by atoms with Crippen molar-refractivity contribution < 1.29 is 24.2 Å². The minimum atomic E-state index is -1.12. The third-order valence-corrected chi connectivity index (χ3v) is 8.25. The highest BCUT2D eigenvalue weighted by Gasteiger charge is 2.25. The number of carbonyl (C=O) groups is 3. The molecule has 42 heavy (non-hydrogen) atoms. The molecule has 0 aliphatic rings. The van der Waals surface area contributed by atoms with E-state index >= 15 is 0 Å². The fraction of sp³-hybridized carbons (Fsp3) is 0.917. The number of unbranched alkanes of at least 4 members (excludes halogenated alkanes) is 25. The monoisotopic (exact) mass is 596 g/mol. The van der Waals surface area contributed by atoms with Gasteiger partial charge < -0.3 is 15.2 Å². The molecule has 0 aliphatic carbocycles. The number of hydrogen-bond acceptors (Lipinski definition) is 4. The van der Waals surface area contributed by atoms with Crippen molar-refractivity contribution in [2.45, 2.75) is 206 Å². The number of carboxylic acid groups (broad SMARTS) is 1. The van der Waals surface area contributed by atoms with Gasteiger partial charge in [-0.15, -0.1) is 0 Å². The van der Waals surface area contributed by atoms with Crippen LogP contribution in [0.3, 0.4) is 0 Å². The van der Waals surface area contributed by atoms with E-state index in [1.54, 1.807) is 0 Å². The number of hydrogen-bond donors (Lipinski definition) is 2. The van der Waals surface area contributed by atoms with E-state index in [0.29, 0.717) is 6.42 Å². The molecule has 0 radical (unpaired) electrons. The third-order valence-electron chi connectivity index (χ3n) is 8.25. The molecule has 1 atom stereocenters. The third kappa shape index (κ3) is 29.9. The van der Waals surface area contributed by atoms with Crippen molar-refractivity contribution in [3.05, 3.63) is 0 Å². The Kier molecular flexibility index (Phi) is 31.1. The summed E-state index contributed by atoms with van der Waals surface area (Å²) in [5.74, 6) is -2.02. The van der Waals surface area contributed by atoms with Gasteiger partial charge in [0.1, 0.15) is 6.04 Å². The standard InChI is InChI=1S/C36H69NO5/c1-3-5-7-9-11-13-15-16-17-18-19-20-21-22-24-26-28-30-34(38)37-33(32-35(39)40)36(41)42-31-29-27-25-23-14-12-10-8-6-4-2/h33H,3-32H2,1-2H3,(H,37,38)(H,39,40)/t33-/m0/s1. The van der Waals surface area contributed by atoms with Crippen LogP contribution in [0, 0.1) is 0 Å². The zero-order chi connectivity index (χ0) is 30.9. The highest BCUT2D eigenvalue weighted by Crippen LogP contribution is 2.15. The molecule has 0 saturated heterocycles. The lowest BCUT2D eigenvalue weighted by Gasteiger charge is -2.16. The molecular formula is C36H69NO5. The molecule has 0 aromatic carbocycles. The van der Waals surface area contributed by atoms with Gasteiger partial charge in [0.05, 0.1) is 13.0 Å². The predicted octanol–water partition coefficient (Wildman–Crippen LogP) is 10.5. The summed E-state index contributed by atoms with van der Waals surface area (Å²) in [6.45, 7) is 4.78. The van der Waals surface area contributed by atoms with Gasteiger partial charge in [0, 0.05) is 6.42 Å². The van der Waals surface area contributed by atoms with Crippen LogP contribution in [0.2, 0.25) is 0 Å². The fourth-order valence-corrected chi connectivity index (χ4v) is 5.51. The van der Waals surface area contributed by atoms with Crippen LogP contribution in [0.15, 0.2) is 0 Å². The van der Waals surface area contributed by atoms with Crippen LogP contribution < -0.4 is 5.32 Å². The van der Waals surface area contributed by atoms with Crippen molar-refractivity contribution in [3.63, 3.8) is 0 Å². The Hall–Kier alpha value is -1.59. The average Bonchev–Trinajstić information content (AvgIpc) is 2.96. The van der Waals surface area contributed by atoms with Gasteiger partial charge in [-0.1, -0.05) is 174 Å². The minimum Gasteiger partial charge on any atom is -0.481 e. The second-order valence-corrected chi connectivity index (χ2v) is 12.5. The topological polar surface area (TPSA) is 92.7 Å². The van der Waals surface area contributed by atoms with Gasteiger partial charge in [0.25, 0.3) is 0 Å². The fourth-order valence-electron chi connectivity index (χ4n) is 5.51. The largest absolute Gasteiger partial charge is 0.481 e. The number of esters is 1. The van der Waals surface area contributed by atoms with Crippen LogP contribution in [0.5, 0.6) is 0 Å². The molecule has 0 rings (SSSR count). The van der Waals surface area contributed by atoms with Crippen molar-refractivity contribution in [1.29, 1.82) is 0 Å². The molecule has 0 aliphatic heterocycles. The van der Waals surface area contributed by atoms with Crippen molar-refractivity contribution in [2.24, 2.45) is 0 Å². The molecule has 1 amide bonds. The Balaban J connectivity index is 3.73. The van der Waals surface area contributed by atoms with E-state index in [1.165, 1.54) is 135 Å². The number of carbonyl (C=O) groups excluding carboxylic acids is 2. The van der Waals surface area contributed by atoms with E-state index in [9.17, 15) is 19.5 Å². The maximum absolute atomic E-state index is 12.4. The first-order valence-corrected chi connectivity index (χ1v) is 18.2. The molecule has 0 heterocycles. The molecule has 0 saturated carbocycles. The first kappa shape index (κ1) is 40.4. The van der Waals surface area contributed by atoms with E-state index in [2.05, 4.69) is 19.2 Å². The van der Waals surface area contributed by atoms with Gasteiger partial charge in [0.2, 0.25) is 5.91 Å². The molecule has 0 spiro atoms. The molecule has 0 bridgehead atoms. The van der Waals surface area contributed by atoms with Gasteiger partial charge in [-0.3, -0.25) is 9.59 Å². The van der Waals surface area contributed by atoms with Crippen molar-refractivity contribution in [3.8, 4) is 0 Å². The first-order valence-electron chi connectivity index (χ1n) is 18.2. The van der Waals surface area contributed by atoms with Crippen LogP contribution in [0.25, 0.3) is 0 Å². The van der Waals surface area contributed by atoms with Crippen LogP contribution in [0.1, 0.15) is 200 Å². The lowest BCUT2D eigenvalue weighted by Crippen LogP contribution is -2.43. The zero-order valence-electron chi connectivity index (χ0n) is 27.9. The normalized spacial score (nSPS) is 11.9. The zero-order valence-corrected chi connectivity index (χ0v) is 27.9. The number of carboxylic acids is 1. The highest BCUT2D eigenvalue weighted by atomic mass is 16.5. The Bertz CT molecular complexity index is 624. The molecule has 0 unspecified atom stereocenters. The first-order chi connectivity index (χ1) is 20.5. The van der Waals surface area contributed by atoms with Crippen LogP contribution in [0.4, 0.5) is 0 Å². The van der Waals surface area contributed by atoms with Crippen molar-refractivity contribution in [2.75, 3.05) is 6.61 Å². The summed E-state index contributed by atoms with van der Waals surface area (Å²) in [4.78, 5) is 36.0. The van der Waals surface area contributed by atoms with E-state index in [-0.39, 0.29) is 12.5 Å². The predicted molar refractivity (Wildman–Crippen MR) is 176 cm³/mol. The van der Waals surface area contributed by atoms with Gasteiger partial charge >= 0.3 is 11.9 Å². The molecule has 6 heteroatoms. The Labute approximate surface area is 259 Å². The lowest BCUT2D eigenvalue weighted by atomic mass is 10.0. The number of nitrogens with one attached hydrogen (secondary N) is 1. The Morgan fingerprint density at radius 2 is 0.857 bits per heavy atom. The second kappa shape index (κ2) is 32.3. The van der Waals surface area contributed by atoms with E-state index in [4.69, 9.17) is 4.74 Å². The quantitative estimate of drug-likeness (QED) is 0.0581. The van der Waals surface area contributed by atoms with Gasteiger partial charge in [0.15, 0.2) is 0 Å². The molecule has 0 aromatic heterocycles. The summed E-state index contributed by atoms with van der Waals surface area (Å²) in [6.07, 6.45) is 33.6. The summed E-state index contributed by atoms with van der Waals surface area (Å²) in [5, 5.41) is 11.8. The maximum atomic E-state index is 12.4. The van der Waals surface area contributed by atoms with Crippen LogP contribution >= 0.6 is 0 Å². The summed E-state index contributed by atoms with van der Waals surface area (Å²) in [5.41, 5.74) is 0. The maximum Gasteiger partial charge on any atom is 0.329 e. The molecular weight excluding hydrogens is 526 g/mol. The van der Waals surface area contributed by atoms with Crippen molar-refractivity contribution >= 4 is 17.8 Å². The second-order valence-electron chi connectivity index (χ2n) is 12.5. The summed E-state index contributed by atoms with van der Waals surface area (Å²) in [7, 11) is 0. The molecule has 6 nitrogen and oxygen atoms in total. The van der Waals surface area contributed by atoms with Crippen LogP contribution in [-0.4, -0.2) is 35.6 Å². The summed E-state index contributed by atoms with van der Waals surface area (Å²) in [6, 6.07) is -1.11. The van der Waals surface area contributed by atoms with E-state index < -0.39 is 24.4 Å². The van der Waals surface area contributed by atoms with Gasteiger partial charge in [-0.05, 0) is 12.8 Å². The molecule has 248 valence electrons. The van der Waals surface area contributed by atoms with Crippen molar-refractivity contribution in [1.82, 2.24) is 5.32 Å². The number of aliphatic carboxylic acids is 1.